The molecule has 0 aliphatic carbocycles. The zero-order chi connectivity index (χ0) is 21.1. The number of nitrogens with zero attached hydrogens (tertiary/aromatic N) is 3. The SMILES string of the molecule is CN(C)c1ccc(C2N(Cc3ccccc3Cl)CCN2Cc2ccccc2Cl)cc1. The van der Waals surface area contributed by atoms with Crippen molar-refractivity contribution in [2.45, 2.75) is 19.3 Å². The predicted octanol–water partition coefficient (Wildman–Crippen LogP) is 6.08. The second kappa shape index (κ2) is 9.40. The van der Waals surface area contributed by atoms with E-state index in [1.807, 2.05) is 24.3 Å². The Kier molecular flexibility index (Phi) is 6.64. The van der Waals surface area contributed by atoms with Crippen molar-refractivity contribution in [3.05, 3.63) is 99.5 Å². The first-order chi connectivity index (χ1) is 14.5. The Morgan fingerprint density at radius 3 is 1.63 bits per heavy atom. The van der Waals surface area contributed by atoms with Gasteiger partial charge in [0.2, 0.25) is 0 Å². The molecule has 0 amide bonds. The summed E-state index contributed by atoms with van der Waals surface area (Å²) < 4.78 is 0. The molecule has 30 heavy (non-hydrogen) atoms. The Morgan fingerprint density at radius 1 is 0.733 bits per heavy atom. The van der Waals surface area contributed by atoms with Crippen LogP contribution in [-0.4, -0.2) is 37.0 Å². The molecule has 4 rings (SSSR count). The zero-order valence-electron chi connectivity index (χ0n) is 17.4. The highest BCUT2D eigenvalue weighted by molar-refractivity contribution is 6.31. The molecule has 0 aromatic heterocycles. The summed E-state index contributed by atoms with van der Waals surface area (Å²) in [6, 6.07) is 25.1. The second-order valence-corrected chi connectivity index (χ2v) is 8.80. The van der Waals surface area contributed by atoms with Gasteiger partial charge in [0.1, 0.15) is 0 Å². The van der Waals surface area contributed by atoms with E-state index in [0.717, 1.165) is 47.4 Å². The lowest BCUT2D eigenvalue weighted by Crippen LogP contribution is -2.30. The monoisotopic (exact) mass is 439 g/mol. The summed E-state index contributed by atoms with van der Waals surface area (Å²) >= 11 is 13.0. The lowest BCUT2D eigenvalue weighted by Gasteiger charge is -2.31. The maximum atomic E-state index is 6.48. The lowest BCUT2D eigenvalue weighted by atomic mass is 10.1. The molecule has 0 N–H and O–H groups in total. The third-order valence-electron chi connectivity index (χ3n) is 5.74. The van der Waals surface area contributed by atoms with Crippen LogP contribution in [0.1, 0.15) is 22.9 Å². The molecule has 0 unspecified atom stereocenters. The Morgan fingerprint density at radius 2 is 1.20 bits per heavy atom. The Balaban J connectivity index is 1.64. The van der Waals surface area contributed by atoms with Gasteiger partial charge in [0.15, 0.2) is 0 Å². The first-order valence-corrected chi connectivity index (χ1v) is 11.0. The van der Waals surface area contributed by atoms with Gasteiger partial charge in [-0.3, -0.25) is 9.80 Å². The highest BCUT2D eigenvalue weighted by Crippen LogP contribution is 2.35. The van der Waals surface area contributed by atoms with Crippen molar-refractivity contribution in [1.82, 2.24) is 9.80 Å². The minimum atomic E-state index is 0.175. The van der Waals surface area contributed by atoms with Crippen LogP contribution in [0, 0.1) is 0 Å². The Bertz CT molecular complexity index is 932. The number of halogens is 2. The third-order valence-corrected chi connectivity index (χ3v) is 6.47. The average Bonchev–Trinajstić information content (AvgIpc) is 3.13. The molecule has 3 aromatic rings. The van der Waals surface area contributed by atoms with Gasteiger partial charge >= 0.3 is 0 Å². The molecular formula is C25H27Cl2N3. The Labute approximate surface area is 189 Å². The van der Waals surface area contributed by atoms with E-state index in [2.05, 4.69) is 77.3 Å². The number of hydrogen-bond acceptors (Lipinski definition) is 3. The van der Waals surface area contributed by atoms with E-state index in [0.29, 0.717) is 0 Å². The first kappa shape index (κ1) is 21.2. The van der Waals surface area contributed by atoms with Crippen molar-refractivity contribution in [3.8, 4) is 0 Å². The van der Waals surface area contributed by atoms with Crippen LogP contribution in [0.2, 0.25) is 10.0 Å². The largest absolute Gasteiger partial charge is 0.378 e. The fourth-order valence-electron chi connectivity index (χ4n) is 4.12. The van der Waals surface area contributed by atoms with E-state index in [4.69, 9.17) is 23.2 Å². The fourth-order valence-corrected chi connectivity index (χ4v) is 4.51. The number of anilines is 1. The molecule has 1 aliphatic rings. The normalized spacial score (nSPS) is 15.6. The molecule has 3 nitrogen and oxygen atoms in total. The van der Waals surface area contributed by atoms with Crippen molar-refractivity contribution >= 4 is 28.9 Å². The van der Waals surface area contributed by atoms with Crippen LogP contribution in [0.3, 0.4) is 0 Å². The van der Waals surface area contributed by atoms with Gasteiger partial charge in [0, 0.05) is 56.0 Å². The van der Waals surface area contributed by atoms with Crippen molar-refractivity contribution in [2.24, 2.45) is 0 Å². The van der Waals surface area contributed by atoms with Gasteiger partial charge in [-0.15, -0.1) is 0 Å². The smallest absolute Gasteiger partial charge is 0.0892 e. The summed E-state index contributed by atoms with van der Waals surface area (Å²) in [4.78, 5) is 7.13. The van der Waals surface area contributed by atoms with Crippen molar-refractivity contribution in [1.29, 1.82) is 0 Å². The van der Waals surface area contributed by atoms with E-state index in [9.17, 15) is 0 Å². The van der Waals surface area contributed by atoms with Crippen molar-refractivity contribution < 1.29 is 0 Å². The predicted molar refractivity (Wildman–Crippen MR) is 127 cm³/mol. The topological polar surface area (TPSA) is 9.72 Å². The molecule has 0 saturated carbocycles. The molecule has 156 valence electrons. The summed E-state index contributed by atoms with van der Waals surface area (Å²) in [5.74, 6) is 0. The van der Waals surface area contributed by atoms with Crippen LogP contribution >= 0.6 is 23.2 Å². The second-order valence-electron chi connectivity index (χ2n) is 7.98. The maximum absolute atomic E-state index is 6.48. The molecule has 1 aliphatic heterocycles. The van der Waals surface area contributed by atoms with E-state index >= 15 is 0 Å². The van der Waals surface area contributed by atoms with Crippen LogP contribution in [0.5, 0.6) is 0 Å². The summed E-state index contributed by atoms with van der Waals surface area (Å²) in [6.45, 7) is 3.60. The molecule has 0 radical (unpaired) electrons. The van der Waals surface area contributed by atoms with E-state index in [1.54, 1.807) is 0 Å². The van der Waals surface area contributed by atoms with Gasteiger partial charge in [-0.1, -0.05) is 71.7 Å². The first-order valence-electron chi connectivity index (χ1n) is 10.2. The highest BCUT2D eigenvalue weighted by atomic mass is 35.5. The van der Waals surface area contributed by atoms with E-state index in [1.165, 1.54) is 11.3 Å². The van der Waals surface area contributed by atoms with Gasteiger partial charge in [-0.05, 0) is 41.0 Å². The Hall–Kier alpha value is -2.04. The van der Waals surface area contributed by atoms with Crippen LogP contribution in [-0.2, 0) is 13.1 Å². The molecule has 1 saturated heterocycles. The summed E-state index contributed by atoms with van der Waals surface area (Å²) in [5.41, 5.74) is 4.81. The number of rotatable bonds is 6. The van der Waals surface area contributed by atoms with E-state index in [-0.39, 0.29) is 6.17 Å². The minimum Gasteiger partial charge on any atom is -0.378 e. The molecule has 0 atom stereocenters. The average molecular weight is 440 g/mol. The van der Waals surface area contributed by atoms with Crippen molar-refractivity contribution in [3.63, 3.8) is 0 Å². The van der Waals surface area contributed by atoms with Crippen LogP contribution in [0.4, 0.5) is 5.69 Å². The molecule has 0 spiro atoms. The molecule has 3 aromatic carbocycles. The summed E-state index contributed by atoms with van der Waals surface area (Å²) in [5, 5.41) is 1.65. The third kappa shape index (κ3) is 4.65. The van der Waals surface area contributed by atoms with Crippen LogP contribution in [0.25, 0.3) is 0 Å². The van der Waals surface area contributed by atoms with Gasteiger partial charge in [0.25, 0.3) is 0 Å². The molecular weight excluding hydrogens is 413 g/mol. The number of hydrogen-bond donors (Lipinski definition) is 0. The van der Waals surface area contributed by atoms with Crippen LogP contribution in [0.15, 0.2) is 72.8 Å². The number of benzene rings is 3. The standard InChI is InChI=1S/C25H27Cl2N3/c1-28(2)22-13-11-19(12-14-22)25-29(17-20-7-3-5-9-23(20)26)15-16-30(25)18-21-8-4-6-10-24(21)27/h3-14,25H,15-18H2,1-2H3. The lowest BCUT2D eigenvalue weighted by molar-refractivity contribution is 0.126. The maximum Gasteiger partial charge on any atom is 0.0892 e. The molecule has 0 bridgehead atoms. The zero-order valence-corrected chi connectivity index (χ0v) is 18.9. The van der Waals surface area contributed by atoms with E-state index < -0.39 is 0 Å². The van der Waals surface area contributed by atoms with Gasteiger partial charge in [-0.25, -0.2) is 0 Å². The summed E-state index contributed by atoms with van der Waals surface area (Å²) in [7, 11) is 4.13. The highest BCUT2D eigenvalue weighted by Gasteiger charge is 2.33. The van der Waals surface area contributed by atoms with Crippen molar-refractivity contribution in [2.75, 3.05) is 32.1 Å². The van der Waals surface area contributed by atoms with Gasteiger partial charge < -0.3 is 4.90 Å². The summed E-state index contributed by atoms with van der Waals surface area (Å²) in [6.07, 6.45) is 0.175. The quantitative estimate of drug-likeness (QED) is 0.460. The fraction of sp³-hybridized carbons (Fsp3) is 0.280. The molecule has 1 fully saturated rings. The minimum absolute atomic E-state index is 0.175. The van der Waals surface area contributed by atoms with Crippen LogP contribution < -0.4 is 4.90 Å². The molecule has 1 heterocycles. The van der Waals surface area contributed by atoms with Gasteiger partial charge in [-0.2, -0.15) is 0 Å². The van der Waals surface area contributed by atoms with Gasteiger partial charge in [0.05, 0.1) is 6.17 Å². The molecule has 5 heteroatoms.